The molecule has 1 N–H and O–H groups in total. The summed E-state index contributed by atoms with van der Waals surface area (Å²) in [5, 5.41) is -1.00. The van der Waals surface area contributed by atoms with Crippen molar-refractivity contribution in [2.24, 2.45) is 0 Å². The number of H-pyrrole nitrogens is 1. The average Bonchev–Trinajstić information content (AvgIpc) is 3.00. The van der Waals surface area contributed by atoms with Crippen LogP contribution < -0.4 is 16.0 Å². The first-order valence-electron chi connectivity index (χ1n) is 10.3. The van der Waals surface area contributed by atoms with Crippen LogP contribution in [0, 0.1) is 11.6 Å². The second-order valence-electron chi connectivity index (χ2n) is 7.87. The molecule has 36 heavy (non-hydrogen) atoms. The maximum atomic E-state index is 14.9. The number of nitrogens with zero attached hydrogens (tertiary/aromatic N) is 2. The van der Waals surface area contributed by atoms with E-state index >= 15 is 0 Å². The molecule has 0 aliphatic carbocycles. The highest BCUT2D eigenvalue weighted by molar-refractivity contribution is 7.99. The van der Waals surface area contributed by atoms with E-state index in [9.17, 15) is 31.5 Å². The summed E-state index contributed by atoms with van der Waals surface area (Å²) in [5.41, 5.74) is -4.62. The van der Waals surface area contributed by atoms with Crippen molar-refractivity contribution in [2.75, 3.05) is 5.75 Å². The van der Waals surface area contributed by atoms with E-state index in [1.165, 1.54) is 12.4 Å². The summed E-state index contributed by atoms with van der Waals surface area (Å²) in [7, 11) is 0. The topological polar surface area (TPSA) is 77.0 Å². The van der Waals surface area contributed by atoms with E-state index in [4.69, 9.17) is 16.3 Å². The highest BCUT2D eigenvalue weighted by Gasteiger charge is 2.39. The normalized spacial score (nSPS) is 15.7. The SMILES string of the molecule is O=c1[nH]c(=O)n2c3c(c(-c4cc(Cl)c(F)cc4F)c(C(F)(F)F)cc13)SC[C@@H](Oc1ccncc1)C2. The molecule has 0 bridgehead atoms. The van der Waals surface area contributed by atoms with E-state index in [0.717, 1.165) is 22.4 Å². The number of ether oxygens (including phenoxy) is 1. The average molecular weight is 542 g/mol. The molecule has 0 saturated carbocycles. The Morgan fingerprint density at radius 1 is 1.11 bits per heavy atom. The third kappa shape index (κ3) is 4.24. The Kier molecular flexibility index (Phi) is 6.03. The number of thioether (sulfide) groups is 1. The van der Waals surface area contributed by atoms with Gasteiger partial charge in [0.1, 0.15) is 23.5 Å². The molecule has 0 radical (unpaired) electrons. The van der Waals surface area contributed by atoms with Crippen LogP contribution in [0.15, 0.2) is 57.2 Å². The smallest absolute Gasteiger partial charge is 0.417 e. The molecule has 0 unspecified atom stereocenters. The number of benzene rings is 2. The van der Waals surface area contributed by atoms with Crippen molar-refractivity contribution in [3.63, 3.8) is 0 Å². The Morgan fingerprint density at radius 3 is 2.53 bits per heavy atom. The molecule has 0 spiro atoms. The predicted octanol–water partition coefficient (Wildman–Crippen LogP) is 5.26. The zero-order valence-electron chi connectivity index (χ0n) is 17.8. The monoisotopic (exact) mass is 541 g/mol. The van der Waals surface area contributed by atoms with Crippen molar-refractivity contribution in [2.45, 2.75) is 23.7 Å². The quantitative estimate of drug-likeness (QED) is 0.283. The molecule has 3 heterocycles. The summed E-state index contributed by atoms with van der Waals surface area (Å²) in [4.78, 5) is 31.1. The fourth-order valence-electron chi connectivity index (χ4n) is 4.06. The second kappa shape index (κ2) is 8.93. The number of aromatic nitrogens is 3. The summed E-state index contributed by atoms with van der Waals surface area (Å²) in [6, 6.07) is 4.83. The number of aromatic amines is 1. The van der Waals surface area contributed by atoms with E-state index < -0.39 is 62.3 Å². The number of alkyl halides is 3. The van der Waals surface area contributed by atoms with Gasteiger partial charge in [-0.25, -0.2) is 13.6 Å². The number of halogens is 6. The van der Waals surface area contributed by atoms with E-state index in [1.54, 1.807) is 12.1 Å². The van der Waals surface area contributed by atoms with Crippen LogP contribution in [0.25, 0.3) is 22.0 Å². The Morgan fingerprint density at radius 2 is 1.83 bits per heavy atom. The standard InChI is InChI=1S/C23H13ClF5N3O3S/c24-15-6-12(16(25)7-17(15)26)18-14(23(27,28)29)5-13-19-20(18)36-9-11(35-10-1-3-30-4-2-10)8-32(19)22(34)31-21(13)33/h1-7,11H,8-9H2,(H,31,33,34)/t11-/m0/s1. The van der Waals surface area contributed by atoms with Gasteiger partial charge in [0, 0.05) is 40.2 Å². The van der Waals surface area contributed by atoms with Crippen LogP contribution >= 0.6 is 23.4 Å². The van der Waals surface area contributed by atoms with Crippen molar-refractivity contribution in [3.8, 4) is 16.9 Å². The third-order valence-electron chi connectivity index (χ3n) is 5.57. The summed E-state index contributed by atoms with van der Waals surface area (Å²) in [6.07, 6.45) is -2.79. The fourth-order valence-corrected chi connectivity index (χ4v) is 5.47. The van der Waals surface area contributed by atoms with E-state index in [1.807, 2.05) is 4.98 Å². The Labute approximate surface area is 207 Å². The second-order valence-corrected chi connectivity index (χ2v) is 9.31. The van der Waals surface area contributed by atoms with Crippen LogP contribution in [0.4, 0.5) is 22.0 Å². The van der Waals surface area contributed by atoms with Crippen molar-refractivity contribution < 1.29 is 26.7 Å². The number of nitrogens with one attached hydrogen (secondary N) is 1. The molecule has 0 saturated heterocycles. The molecule has 4 aromatic rings. The van der Waals surface area contributed by atoms with Gasteiger partial charge in [-0.2, -0.15) is 13.2 Å². The fraction of sp³-hybridized carbons (Fsp3) is 0.174. The van der Waals surface area contributed by atoms with Crippen LogP contribution in [0.1, 0.15) is 5.56 Å². The zero-order chi connectivity index (χ0) is 25.8. The van der Waals surface area contributed by atoms with Gasteiger partial charge in [0.15, 0.2) is 0 Å². The molecule has 6 nitrogen and oxygen atoms in total. The lowest BCUT2D eigenvalue weighted by Gasteiger charge is -2.20. The van der Waals surface area contributed by atoms with Gasteiger partial charge in [0.2, 0.25) is 0 Å². The molecular formula is C23H13ClF5N3O3S. The van der Waals surface area contributed by atoms with Gasteiger partial charge >= 0.3 is 11.9 Å². The number of hydrogen-bond acceptors (Lipinski definition) is 5. The summed E-state index contributed by atoms with van der Waals surface area (Å²) < 4.78 is 78.4. The molecule has 2 aromatic carbocycles. The first kappa shape index (κ1) is 24.3. The summed E-state index contributed by atoms with van der Waals surface area (Å²) in [5.74, 6) is -1.99. The lowest BCUT2D eigenvalue weighted by molar-refractivity contribution is -0.137. The first-order valence-corrected chi connectivity index (χ1v) is 11.7. The van der Waals surface area contributed by atoms with E-state index in [-0.39, 0.29) is 22.7 Å². The van der Waals surface area contributed by atoms with Gasteiger partial charge in [-0.05, 0) is 24.3 Å². The molecule has 1 aliphatic rings. The van der Waals surface area contributed by atoms with Crippen molar-refractivity contribution >= 4 is 34.3 Å². The lowest BCUT2D eigenvalue weighted by Crippen LogP contribution is -2.35. The molecule has 1 aliphatic heterocycles. The Bertz CT molecular complexity index is 1620. The number of pyridine rings is 1. The third-order valence-corrected chi connectivity index (χ3v) is 7.09. The minimum atomic E-state index is -5.03. The Balaban J connectivity index is 1.82. The largest absolute Gasteiger partial charge is 0.488 e. The van der Waals surface area contributed by atoms with Gasteiger partial charge in [0.25, 0.3) is 5.56 Å². The van der Waals surface area contributed by atoms with E-state index in [2.05, 4.69) is 4.98 Å². The minimum Gasteiger partial charge on any atom is -0.488 e. The molecule has 2 aromatic heterocycles. The molecule has 0 amide bonds. The predicted molar refractivity (Wildman–Crippen MR) is 124 cm³/mol. The first-order chi connectivity index (χ1) is 17.0. The van der Waals surface area contributed by atoms with Crippen LogP contribution in [-0.4, -0.2) is 26.4 Å². The van der Waals surface area contributed by atoms with Crippen molar-refractivity contribution in [1.82, 2.24) is 14.5 Å². The Hall–Kier alpha value is -3.38. The van der Waals surface area contributed by atoms with Gasteiger partial charge in [0.05, 0.1) is 28.0 Å². The van der Waals surface area contributed by atoms with Crippen LogP contribution in [0.2, 0.25) is 5.02 Å². The summed E-state index contributed by atoms with van der Waals surface area (Å²) >= 11 is 6.65. The van der Waals surface area contributed by atoms with Gasteiger partial charge in [-0.1, -0.05) is 11.6 Å². The zero-order valence-corrected chi connectivity index (χ0v) is 19.4. The molecule has 1 atom stereocenters. The maximum absolute atomic E-state index is 14.9. The number of rotatable bonds is 3. The molecule has 5 rings (SSSR count). The number of hydrogen-bond donors (Lipinski definition) is 1. The van der Waals surface area contributed by atoms with Gasteiger partial charge in [-0.15, -0.1) is 11.8 Å². The van der Waals surface area contributed by atoms with Crippen LogP contribution in [0.5, 0.6) is 5.75 Å². The van der Waals surface area contributed by atoms with Gasteiger partial charge in [-0.3, -0.25) is 19.3 Å². The van der Waals surface area contributed by atoms with Crippen LogP contribution in [0.3, 0.4) is 0 Å². The van der Waals surface area contributed by atoms with Crippen LogP contribution in [-0.2, 0) is 12.7 Å². The van der Waals surface area contributed by atoms with Crippen molar-refractivity contribution in [3.05, 3.63) is 85.8 Å². The highest BCUT2D eigenvalue weighted by Crippen LogP contribution is 2.47. The molecule has 186 valence electrons. The lowest BCUT2D eigenvalue weighted by atomic mass is 9.96. The maximum Gasteiger partial charge on any atom is 0.417 e. The summed E-state index contributed by atoms with van der Waals surface area (Å²) in [6.45, 7) is -0.119. The highest BCUT2D eigenvalue weighted by atomic mass is 35.5. The minimum absolute atomic E-state index is 0.0393. The van der Waals surface area contributed by atoms with E-state index in [0.29, 0.717) is 17.9 Å². The molecule has 13 heteroatoms. The molecule has 0 fully saturated rings. The van der Waals surface area contributed by atoms with Crippen molar-refractivity contribution in [1.29, 1.82) is 0 Å². The molecular weight excluding hydrogens is 529 g/mol. The van der Waals surface area contributed by atoms with Gasteiger partial charge < -0.3 is 4.74 Å².